The van der Waals surface area contributed by atoms with E-state index in [1.54, 1.807) is 24.3 Å². The highest BCUT2D eigenvalue weighted by molar-refractivity contribution is 9.09. The fourth-order valence-corrected chi connectivity index (χ4v) is 2.14. The average Bonchev–Trinajstić information content (AvgIpc) is 2.59. The van der Waals surface area contributed by atoms with Gasteiger partial charge in [-0.05, 0) is 36.4 Å². The molecule has 0 N–H and O–H groups in total. The Hall–Kier alpha value is -2.47. The van der Waals surface area contributed by atoms with E-state index in [1.807, 2.05) is 12.2 Å². The molecule has 0 heterocycles. The van der Waals surface area contributed by atoms with Gasteiger partial charge < -0.3 is 4.74 Å². The maximum Gasteiger partial charge on any atom is 0.269 e. The number of nitro benzene ring substituents is 1. The van der Waals surface area contributed by atoms with Crippen LogP contribution >= 0.6 is 15.9 Å². The normalized spacial score (nSPS) is 10.7. The Morgan fingerprint density at radius 1 is 1.04 bits per heavy atom. The van der Waals surface area contributed by atoms with Crippen LogP contribution in [0.25, 0.3) is 0 Å². The molecule has 2 aromatic carbocycles. The molecule has 5 nitrogen and oxygen atoms in total. The van der Waals surface area contributed by atoms with Crippen LogP contribution in [0.2, 0.25) is 0 Å². The van der Waals surface area contributed by atoms with Gasteiger partial charge in [-0.25, -0.2) is 0 Å². The Labute approximate surface area is 141 Å². The summed E-state index contributed by atoms with van der Waals surface area (Å²) in [5.74, 6) is 0.482. The second-order valence-electron chi connectivity index (χ2n) is 4.59. The van der Waals surface area contributed by atoms with Crippen molar-refractivity contribution >= 4 is 27.4 Å². The largest absolute Gasteiger partial charge is 0.490 e. The van der Waals surface area contributed by atoms with Crippen LogP contribution < -0.4 is 4.74 Å². The summed E-state index contributed by atoms with van der Waals surface area (Å²) in [7, 11) is 0. The Balaban J connectivity index is 2.04. The summed E-state index contributed by atoms with van der Waals surface area (Å²) in [6, 6.07) is 12.3. The zero-order valence-electron chi connectivity index (χ0n) is 12.1. The molecule has 0 bridgehead atoms. The molecule has 0 spiro atoms. The number of benzene rings is 2. The van der Waals surface area contributed by atoms with Crippen LogP contribution in [0.4, 0.5) is 5.69 Å². The topological polar surface area (TPSA) is 69.4 Å². The fraction of sp³-hybridized carbons (Fsp3) is 0.118. The number of nitrogens with zero attached hydrogens (tertiary/aromatic N) is 1. The zero-order chi connectivity index (χ0) is 16.7. The third kappa shape index (κ3) is 4.75. The predicted octanol–water partition coefficient (Wildman–Crippen LogP) is 4.16. The van der Waals surface area contributed by atoms with Gasteiger partial charge in [-0.2, -0.15) is 0 Å². The Bertz CT molecular complexity index is 708. The van der Waals surface area contributed by atoms with Crippen molar-refractivity contribution in [3.05, 3.63) is 81.9 Å². The Morgan fingerprint density at radius 3 is 2.13 bits per heavy atom. The van der Waals surface area contributed by atoms with Gasteiger partial charge in [0.1, 0.15) is 12.4 Å². The molecule has 0 radical (unpaired) electrons. The number of carbonyl (C=O) groups excluding carboxylic acids is 1. The lowest BCUT2D eigenvalue weighted by molar-refractivity contribution is -0.384. The number of hydrogen-bond donors (Lipinski definition) is 0. The van der Waals surface area contributed by atoms with Gasteiger partial charge >= 0.3 is 0 Å². The first-order valence-corrected chi connectivity index (χ1v) is 7.97. The minimum atomic E-state index is -0.496. The molecule has 0 aliphatic heterocycles. The number of halogens is 1. The molecular formula is C17H14BrNO4. The van der Waals surface area contributed by atoms with E-state index in [2.05, 4.69) is 15.9 Å². The molecule has 2 rings (SSSR count). The molecule has 0 atom stereocenters. The minimum absolute atomic E-state index is 0.0400. The van der Waals surface area contributed by atoms with Crippen LogP contribution in [0, 0.1) is 10.1 Å². The molecule has 0 saturated carbocycles. The maximum atomic E-state index is 12.3. The molecule has 2 aromatic rings. The molecule has 0 amide bonds. The Kier molecular flexibility index (Phi) is 6.05. The number of alkyl halides is 1. The fourth-order valence-electron chi connectivity index (χ4n) is 1.88. The van der Waals surface area contributed by atoms with E-state index in [-0.39, 0.29) is 11.5 Å². The molecular weight excluding hydrogens is 362 g/mol. The van der Waals surface area contributed by atoms with E-state index >= 15 is 0 Å². The molecule has 0 fully saturated rings. The number of rotatable bonds is 7. The Morgan fingerprint density at radius 2 is 1.61 bits per heavy atom. The van der Waals surface area contributed by atoms with E-state index < -0.39 is 4.92 Å². The highest BCUT2D eigenvalue weighted by Crippen LogP contribution is 2.18. The smallest absolute Gasteiger partial charge is 0.269 e. The predicted molar refractivity (Wildman–Crippen MR) is 91.4 cm³/mol. The first-order valence-electron chi connectivity index (χ1n) is 6.85. The third-order valence-electron chi connectivity index (χ3n) is 3.06. The van der Waals surface area contributed by atoms with Gasteiger partial charge in [0.15, 0.2) is 5.78 Å². The molecule has 118 valence electrons. The van der Waals surface area contributed by atoms with Crippen LogP contribution in [0.5, 0.6) is 5.75 Å². The van der Waals surface area contributed by atoms with Gasteiger partial charge in [0.2, 0.25) is 0 Å². The summed E-state index contributed by atoms with van der Waals surface area (Å²) in [4.78, 5) is 22.4. The number of ether oxygens (including phenoxy) is 1. The second kappa shape index (κ2) is 8.24. The van der Waals surface area contributed by atoms with Gasteiger partial charge in [-0.15, -0.1) is 0 Å². The molecule has 0 aliphatic carbocycles. The minimum Gasteiger partial charge on any atom is -0.490 e. The molecule has 0 saturated heterocycles. The summed E-state index contributed by atoms with van der Waals surface area (Å²) in [6.45, 7) is 0.460. The van der Waals surface area contributed by atoms with Crippen molar-refractivity contribution in [3.63, 3.8) is 0 Å². The van der Waals surface area contributed by atoms with Crippen molar-refractivity contribution in [2.24, 2.45) is 0 Å². The van der Waals surface area contributed by atoms with Crippen LogP contribution in [0.1, 0.15) is 15.9 Å². The van der Waals surface area contributed by atoms with Crippen LogP contribution in [-0.2, 0) is 0 Å². The van der Waals surface area contributed by atoms with Crippen LogP contribution in [-0.4, -0.2) is 22.6 Å². The first kappa shape index (κ1) is 16.9. The molecule has 0 unspecified atom stereocenters. The number of allylic oxidation sites excluding steroid dienone is 1. The van der Waals surface area contributed by atoms with E-state index in [1.165, 1.54) is 24.3 Å². The monoisotopic (exact) mass is 375 g/mol. The summed E-state index contributed by atoms with van der Waals surface area (Å²) in [6.07, 6.45) is 3.83. The summed E-state index contributed by atoms with van der Waals surface area (Å²) in [5.41, 5.74) is 0.869. The average molecular weight is 376 g/mol. The number of non-ortho nitro benzene ring substituents is 1. The highest BCUT2D eigenvalue weighted by atomic mass is 79.9. The molecule has 6 heteroatoms. The van der Waals surface area contributed by atoms with Crippen molar-refractivity contribution in [1.82, 2.24) is 0 Å². The second-order valence-corrected chi connectivity index (χ2v) is 5.24. The van der Waals surface area contributed by atoms with Crippen molar-refractivity contribution in [3.8, 4) is 5.75 Å². The summed E-state index contributed by atoms with van der Waals surface area (Å²) >= 11 is 3.28. The molecule has 23 heavy (non-hydrogen) atoms. The maximum absolute atomic E-state index is 12.3. The van der Waals surface area contributed by atoms with Gasteiger partial charge in [-0.1, -0.05) is 28.1 Å². The number of carbonyl (C=O) groups is 1. The highest BCUT2D eigenvalue weighted by Gasteiger charge is 2.11. The van der Waals surface area contributed by atoms with Crippen LogP contribution in [0.15, 0.2) is 60.7 Å². The van der Waals surface area contributed by atoms with Crippen molar-refractivity contribution in [1.29, 1.82) is 0 Å². The van der Waals surface area contributed by atoms with E-state index in [0.29, 0.717) is 23.5 Å². The third-order valence-corrected chi connectivity index (χ3v) is 3.43. The van der Waals surface area contributed by atoms with Crippen molar-refractivity contribution in [2.75, 3.05) is 11.9 Å². The van der Waals surface area contributed by atoms with Crippen molar-refractivity contribution < 1.29 is 14.5 Å². The van der Waals surface area contributed by atoms with E-state index in [0.717, 1.165) is 5.33 Å². The zero-order valence-corrected chi connectivity index (χ0v) is 13.7. The van der Waals surface area contributed by atoms with E-state index in [4.69, 9.17) is 4.74 Å². The van der Waals surface area contributed by atoms with Crippen LogP contribution in [0.3, 0.4) is 0 Å². The lowest BCUT2D eigenvalue weighted by atomic mass is 10.0. The van der Waals surface area contributed by atoms with Crippen molar-refractivity contribution in [2.45, 2.75) is 0 Å². The number of hydrogen-bond acceptors (Lipinski definition) is 4. The van der Waals surface area contributed by atoms with Gasteiger partial charge in [-0.3, -0.25) is 14.9 Å². The number of nitro groups is 1. The van der Waals surface area contributed by atoms with Gasteiger partial charge in [0, 0.05) is 28.6 Å². The molecule has 0 aromatic heterocycles. The van der Waals surface area contributed by atoms with Gasteiger partial charge in [0.25, 0.3) is 5.69 Å². The SMILES string of the molecule is O=C(c1ccc(OCC=CCBr)cc1)c1ccc([N+](=O)[O-])cc1. The lowest BCUT2D eigenvalue weighted by Crippen LogP contribution is -2.02. The van der Waals surface area contributed by atoms with Gasteiger partial charge in [0.05, 0.1) is 4.92 Å². The number of ketones is 1. The first-order chi connectivity index (χ1) is 11.1. The quantitative estimate of drug-likeness (QED) is 0.239. The molecule has 0 aliphatic rings. The summed E-state index contributed by atoms with van der Waals surface area (Å²) < 4.78 is 5.50. The summed E-state index contributed by atoms with van der Waals surface area (Å²) in [5, 5.41) is 11.4. The lowest BCUT2D eigenvalue weighted by Gasteiger charge is -2.05. The standard InChI is InChI=1S/C17H14BrNO4/c18-11-1-2-12-23-16-9-5-14(6-10-16)17(20)13-3-7-15(8-4-13)19(21)22/h1-10H,11-12H2. The van der Waals surface area contributed by atoms with E-state index in [9.17, 15) is 14.9 Å².